The first-order valence-electron chi connectivity index (χ1n) is 6.20. The molecule has 0 unspecified atom stereocenters. The van der Waals surface area contributed by atoms with Gasteiger partial charge in [0.25, 0.3) is 0 Å². The van der Waals surface area contributed by atoms with Crippen LogP contribution in [0.4, 0.5) is 0 Å². The van der Waals surface area contributed by atoms with Gasteiger partial charge < -0.3 is 10.2 Å². The van der Waals surface area contributed by atoms with Gasteiger partial charge in [-0.25, -0.2) is 0 Å². The van der Waals surface area contributed by atoms with Gasteiger partial charge in [-0.05, 0) is 47.1 Å². The van der Waals surface area contributed by atoms with Crippen molar-refractivity contribution in [1.82, 2.24) is 0 Å². The predicted molar refractivity (Wildman–Crippen MR) is 74.5 cm³/mol. The Hall–Kier alpha value is -0.830. The third-order valence-corrected chi connectivity index (χ3v) is 3.81. The maximum Gasteiger partial charge on any atom is 0.0783 e. The van der Waals surface area contributed by atoms with Gasteiger partial charge in [0.2, 0.25) is 0 Å². The molecule has 0 heterocycles. The molecule has 18 heavy (non-hydrogen) atoms. The Labute approximate surface area is 113 Å². The number of rotatable bonds is 2. The van der Waals surface area contributed by atoms with Crippen molar-refractivity contribution in [1.29, 1.82) is 0 Å². The molecule has 0 bridgehead atoms. The second kappa shape index (κ2) is 5.04. The van der Waals surface area contributed by atoms with Crippen LogP contribution >= 0.6 is 11.6 Å². The Balaban J connectivity index is 2.46. The Morgan fingerprint density at radius 1 is 1.28 bits per heavy atom. The Morgan fingerprint density at radius 3 is 2.44 bits per heavy atom. The summed E-state index contributed by atoms with van der Waals surface area (Å²) in [4.78, 5) is 0. The van der Waals surface area contributed by atoms with Crippen molar-refractivity contribution < 1.29 is 10.2 Å². The predicted octanol–water partition coefficient (Wildman–Crippen LogP) is 3.27. The molecule has 0 aliphatic heterocycles. The van der Waals surface area contributed by atoms with E-state index in [-0.39, 0.29) is 12.0 Å². The maximum absolute atomic E-state index is 10.1. The van der Waals surface area contributed by atoms with E-state index in [1.807, 2.05) is 24.3 Å². The summed E-state index contributed by atoms with van der Waals surface area (Å²) in [6, 6.07) is 7.57. The number of allylic oxidation sites excluding steroid dienone is 1. The number of hydrogen-bond donors (Lipinski definition) is 2. The highest BCUT2D eigenvalue weighted by Crippen LogP contribution is 2.42. The molecular formula is C15H19ClO2. The lowest BCUT2D eigenvalue weighted by molar-refractivity contribution is 0.121. The van der Waals surface area contributed by atoms with Gasteiger partial charge in [-0.15, -0.1) is 0 Å². The first kappa shape index (κ1) is 13.6. The molecule has 0 aromatic heterocycles. The summed E-state index contributed by atoms with van der Waals surface area (Å²) < 4.78 is 0. The van der Waals surface area contributed by atoms with Crippen LogP contribution in [-0.4, -0.2) is 22.9 Å². The number of halogens is 1. The summed E-state index contributed by atoms with van der Waals surface area (Å²) in [7, 11) is 0. The fourth-order valence-electron chi connectivity index (χ4n) is 2.65. The Morgan fingerprint density at radius 2 is 1.89 bits per heavy atom. The first-order valence-corrected chi connectivity index (χ1v) is 6.57. The smallest absolute Gasteiger partial charge is 0.0783 e. The molecule has 1 atom stereocenters. The quantitative estimate of drug-likeness (QED) is 0.863. The van der Waals surface area contributed by atoms with Crippen LogP contribution in [0.3, 0.4) is 0 Å². The van der Waals surface area contributed by atoms with Crippen molar-refractivity contribution in [3.63, 3.8) is 0 Å². The van der Waals surface area contributed by atoms with Gasteiger partial charge in [0.1, 0.15) is 0 Å². The van der Waals surface area contributed by atoms with Crippen LogP contribution in [0.5, 0.6) is 0 Å². The van der Waals surface area contributed by atoms with E-state index in [1.54, 1.807) is 0 Å². The summed E-state index contributed by atoms with van der Waals surface area (Å²) in [5.74, 6) is 0. The number of aliphatic hydroxyl groups excluding tert-OH is 2. The van der Waals surface area contributed by atoms with Gasteiger partial charge in [-0.2, -0.15) is 0 Å². The zero-order valence-corrected chi connectivity index (χ0v) is 11.5. The average Bonchev–Trinajstić information content (AvgIpc) is 2.28. The zero-order chi connectivity index (χ0) is 13.3. The van der Waals surface area contributed by atoms with Gasteiger partial charge in [-0.3, -0.25) is 0 Å². The van der Waals surface area contributed by atoms with Crippen LogP contribution in [-0.2, 0) is 0 Å². The van der Waals surface area contributed by atoms with Gasteiger partial charge in [0, 0.05) is 5.02 Å². The van der Waals surface area contributed by atoms with E-state index in [0.717, 1.165) is 23.1 Å². The molecule has 0 spiro atoms. The van der Waals surface area contributed by atoms with Crippen LogP contribution < -0.4 is 0 Å². The minimum Gasteiger partial charge on any atom is -0.392 e. The third kappa shape index (κ3) is 2.77. The summed E-state index contributed by atoms with van der Waals surface area (Å²) in [6.07, 6.45) is 1.01. The van der Waals surface area contributed by atoms with Gasteiger partial charge >= 0.3 is 0 Å². The SMILES string of the molecule is CC1(C)CC(c2ccc(Cl)cc2)=C(CO)[C@H](O)C1. The molecule has 0 fully saturated rings. The fourth-order valence-corrected chi connectivity index (χ4v) is 2.78. The monoisotopic (exact) mass is 266 g/mol. The zero-order valence-electron chi connectivity index (χ0n) is 10.8. The highest BCUT2D eigenvalue weighted by Gasteiger charge is 2.33. The maximum atomic E-state index is 10.1. The lowest BCUT2D eigenvalue weighted by Crippen LogP contribution is -2.30. The molecule has 2 N–H and O–H groups in total. The van der Waals surface area contributed by atoms with E-state index < -0.39 is 6.10 Å². The molecule has 1 aromatic carbocycles. The van der Waals surface area contributed by atoms with Crippen LogP contribution in [0.15, 0.2) is 29.8 Å². The first-order chi connectivity index (χ1) is 8.43. The van der Waals surface area contributed by atoms with E-state index in [4.69, 9.17) is 11.6 Å². The molecule has 0 amide bonds. The van der Waals surface area contributed by atoms with E-state index in [0.29, 0.717) is 11.4 Å². The van der Waals surface area contributed by atoms with Crippen LogP contribution in [0.1, 0.15) is 32.3 Å². The summed E-state index contributed by atoms with van der Waals surface area (Å²) in [5.41, 5.74) is 2.89. The molecule has 2 rings (SSSR count). The topological polar surface area (TPSA) is 40.5 Å². The highest BCUT2D eigenvalue weighted by molar-refractivity contribution is 6.30. The average molecular weight is 267 g/mol. The normalized spacial score (nSPS) is 23.3. The second-order valence-corrected chi connectivity index (χ2v) is 6.17. The standard InChI is InChI=1S/C15H19ClO2/c1-15(2)7-12(13(9-17)14(18)8-15)10-3-5-11(16)6-4-10/h3-6,14,17-18H,7-9H2,1-2H3/t14-/m1/s1. The summed E-state index contributed by atoms with van der Waals surface area (Å²) in [6.45, 7) is 4.19. The van der Waals surface area contributed by atoms with Crippen molar-refractivity contribution in [2.75, 3.05) is 6.61 Å². The highest BCUT2D eigenvalue weighted by atomic mass is 35.5. The Bertz CT molecular complexity index is 460. The molecule has 2 nitrogen and oxygen atoms in total. The van der Waals surface area contributed by atoms with E-state index in [1.165, 1.54) is 0 Å². The van der Waals surface area contributed by atoms with Crippen LogP contribution in [0.2, 0.25) is 5.02 Å². The minimum absolute atomic E-state index is 0.0487. The van der Waals surface area contributed by atoms with Crippen molar-refractivity contribution in [2.45, 2.75) is 32.8 Å². The molecule has 0 saturated heterocycles. The molecule has 1 aliphatic rings. The van der Waals surface area contributed by atoms with Crippen LogP contribution in [0.25, 0.3) is 5.57 Å². The van der Waals surface area contributed by atoms with Crippen molar-refractivity contribution in [3.8, 4) is 0 Å². The number of hydrogen-bond acceptors (Lipinski definition) is 2. The van der Waals surface area contributed by atoms with Gasteiger partial charge in [0.05, 0.1) is 12.7 Å². The van der Waals surface area contributed by atoms with E-state index in [9.17, 15) is 10.2 Å². The van der Waals surface area contributed by atoms with E-state index >= 15 is 0 Å². The summed E-state index contributed by atoms with van der Waals surface area (Å²) >= 11 is 5.89. The second-order valence-electron chi connectivity index (χ2n) is 5.73. The fraction of sp³-hybridized carbons (Fsp3) is 0.467. The lowest BCUT2D eigenvalue weighted by Gasteiger charge is -2.36. The third-order valence-electron chi connectivity index (χ3n) is 3.55. The van der Waals surface area contributed by atoms with Crippen LogP contribution in [0, 0.1) is 5.41 Å². The molecule has 1 aromatic rings. The Kier molecular flexibility index (Phi) is 3.81. The van der Waals surface area contributed by atoms with Gasteiger partial charge in [-0.1, -0.05) is 37.6 Å². The number of aliphatic hydroxyl groups is 2. The molecule has 1 aliphatic carbocycles. The van der Waals surface area contributed by atoms with Crippen molar-refractivity contribution in [2.24, 2.45) is 5.41 Å². The number of benzene rings is 1. The summed E-state index contributed by atoms with van der Waals surface area (Å²) in [5, 5.41) is 20.3. The molecule has 0 saturated carbocycles. The molecular weight excluding hydrogens is 248 g/mol. The largest absolute Gasteiger partial charge is 0.392 e. The molecule has 0 radical (unpaired) electrons. The minimum atomic E-state index is -0.551. The molecule has 3 heteroatoms. The van der Waals surface area contributed by atoms with Crippen molar-refractivity contribution >= 4 is 17.2 Å². The van der Waals surface area contributed by atoms with Gasteiger partial charge in [0.15, 0.2) is 0 Å². The van der Waals surface area contributed by atoms with E-state index in [2.05, 4.69) is 13.8 Å². The van der Waals surface area contributed by atoms with Crippen molar-refractivity contribution in [3.05, 3.63) is 40.4 Å². The molecule has 98 valence electrons. The lowest BCUT2D eigenvalue weighted by atomic mass is 9.71.